The van der Waals surface area contributed by atoms with Crippen molar-refractivity contribution in [2.45, 2.75) is 225 Å². The Labute approximate surface area is 762 Å². The van der Waals surface area contributed by atoms with Gasteiger partial charge in [-0.3, -0.25) is 0 Å². The number of aromatic carboxylic acids is 8. The lowest BCUT2D eigenvalue weighted by Gasteiger charge is -2.56. The Balaban J connectivity index is 0.000000168. The van der Waals surface area contributed by atoms with E-state index in [-0.39, 0.29) is 50.8 Å². The second-order valence-corrected chi connectivity index (χ2v) is 36.3. The highest BCUT2D eigenvalue weighted by Crippen LogP contribution is 2.60. The van der Waals surface area contributed by atoms with Crippen LogP contribution in [-0.2, 0) is 22.0 Å². The Hall–Kier alpha value is -13.0. The number of thiophene rings is 1. The third-order valence-corrected chi connectivity index (χ3v) is 25.7. The van der Waals surface area contributed by atoms with Crippen LogP contribution in [0.2, 0.25) is 0 Å². The van der Waals surface area contributed by atoms with Crippen molar-refractivity contribution < 1.29 is 89.1 Å². The van der Waals surface area contributed by atoms with Crippen LogP contribution in [0.25, 0.3) is 11.3 Å². The zero-order valence-corrected chi connectivity index (χ0v) is 75.8. The highest BCUT2D eigenvalue weighted by molar-refractivity contribution is 7.11. The quantitative estimate of drug-likeness (QED) is 0.0359. The average molecular weight is 1790 g/mol. The number of benzene rings is 2. The van der Waals surface area contributed by atoms with Gasteiger partial charge < -0.3 is 50.9 Å². The molecule has 0 aliphatic heterocycles. The molecule has 10 aromatic rings. The molecule has 18 rings (SSSR count). The number of hydrogen-bond acceptors (Lipinski definition) is 17. The van der Waals surface area contributed by atoms with E-state index in [1.54, 1.807) is 84.3 Å². The van der Waals surface area contributed by atoms with Gasteiger partial charge >= 0.3 is 53.7 Å². The number of pyridine rings is 6. The van der Waals surface area contributed by atoms with Crippen molar-refractivity contribution in [2.24, 2.45) is 35.5 Å². The largest absolute Gasteiger partial charge is 0.478 e. The number of nitrogens with one attached hydrogen (secondary N) is 1. The summed E-state index contributed by atoms with van der Waals surface area (Å²) in [4.78, 5) is 128. The Kier molecular flexibility index (Phi) is 37.9. The Morgan fingerprint density at radius 2 is 0.931 bits per heavy atom. The first-order valence-corrected chi connectivity index (χ1v) is 45.5. The minimum absolute atomic E-state index is 0.0231. The van der Waals surface area contributed by atoms with Gasteiger partial charge in [-0.05, 0) is 212 Å². The zero-order chi connectivity index (χ0) is 94.2. The molecule has 0 spiro atoms. The first-order valence-electron chi connectivity index (χ1n) is 44.6. The smallest absolute Gasteiger partial charge is 0.371 e. The summed E-state index contributed by atoms with van der Waals surface area (Å²) < 4.78 is 0. The molecule has 26 nitrogen and oxygen atoms in total. The topological polar surface area (TPSA) is 442 Å². The monoisotopic (exact) mass is 1790 g/mol. The molecule has 7 fully saturated rings. The maximum Gasteiger partial charge on any atom is 0.371 e. The number of carbonyl (C=O) groups is 9. The summed E-state index contributed by atoms with van der Waals surface area (Å²) in [7, 11) is 0. The Morgan fingerprint density at radius 1 is 0.454 bits per heavy atom. The van der Waals surface area contributed by atoms with Gasteiger partial charge in [0.2, 0.25) is 5.82 Å². The summed E-state index contributed by atoms with van der Waals surface area (Å²) in [6.45, 7) is 17.1. The molecule has 0 amide bonds. The van der Waals surface area contributed by atoms with Crippen molar-refractivity contribution in [2.75, 3.05) is 0 Å². The summed E-state index contributed by atoms with van der Waals surface area (Å²) in [5.41, 5.74) is 11.2. The Morgan fingerprint density at radius 3 is 1.39 bits per heavy atom. The average Bonchev–Trinajstić information content (AvgIpc) is 0.744. The predicted molar refractivity (Wildman–Crippen MR) is 497 cm³/mol. The number of allylic oxidation sites excluding steroid dienone is 3. The number of aromatic nitrogens is 8. The maximum atomic E-state index is 11.2. The number of rotatable bonds is 19. The molecular formula is C103H120N8O18S. The summed E-state index contributed by atoms with van der Waals surface area (Å²) in [6.07, 6.45) is 33.7. The highest BCUT2D eigenvalue weighted by atomic mass is 32.1. The molecule has 7 saturated carbocycles. The normalized spacial score (nSPS) is 19.2. The molecule has 10 N–H and O–H groups in total. The fourth-order valence-electron chi connectivity index (χ4n) is 18.7. The summed E-state index contributed by atoms with van der Waals surface area (Å²) in [6, 6.07) is 51.2. The van der Waals surface area contributed by atoms with Crippen LogP contribution in [0.1, 0.15) is 336 Å². The highest BCUT2D eigenvalue weighted by Gasteiger charge is 2.52. The van der Waals surface area contributed by atoms with Crippen molar-refractivity contribution >= 4 is 65.1 Å². The molecule has 8 aliphatic carbocycles. The first-order chi connectivity index (χ1) is 62.1. The minimum Gasteiger partial charge on any atom is -0.478 e. The van der Waals surface area contributed by atoms with Crippen molar-refractivity contribution in [1.29, 1.82) is 0 Å². The number of carboxylic acids is 9. The molecule has 8 heterocycles. The van der Waals surface area contributed by atoms with Crippen LogP contribution in [0, 0.1) is 35.5 Å². The van der Waals surface area contributed by atoms with E-state index in [4.69, 9.17) is 46.0 Å². The van der Waals surface area contributed by atoms with Gasteiger partial charge in [0.1, 0.15) is 39.0 Å². The molecule has 0 saturated heterocycles. The van der Waals surface area contributed by atoms with E-state index in [0.29, 0.717) is 58.3 Å². The lowest BCUT2D eigenvalue weighted by Crippen LogP contribution is -2.49. The zero-order valence-electron chi connectivity index (χ0n) is 75.0. The molecule has 8 aromatic heterocycles. The molecular weight excluding hydrogens is 1670 g/mol. The Bertz CT molecular complexity index is 5390. The van der Waals surface area contributed by atoms with E-state index in [1.165, 1.54) is 156 Å². The second-order valence-electron chi connectivity index (χ2n) is 35.4. The van der Waals surface area contributed by atoms with Gasteiger partial charge in [-0.1, -0.05) is 235 Å². The summed E-state index contributed by atoms with van der Waals surface area (Å²) >= 11 is 1.23. The van der Waals surface area contributed by atoms with Crippen molar-refractivity contribution in [3.05, 3.63) is 301 Å². The van der Waals surface area contributed by atoms with E-state index in [9.17, 15) is 43.2 Å². The van der Waals surface area contributed by atoms with Gasteiger partial charge in [0.15, 0.2) is 0 Å². The molecule has 686 valence electrons. The van der Waals surface area contributed by atoms with Crippen LogP contribution in [0.4, 0.5) is 0 Å². The summed E-state index contributed by atoms with van der Waals surface area (Å²) in [5, 5.41) is 80.4. The fraction of sp³-hybridized carbons (Fsp3) is 0.398. The SMILES string of the molecule is CC(C)(c1ccccc1)c1cccc(C(=O)O)n1.CC(C)c1cccc(C(C)C)c1-c1cccc(C(=O)O)n1.CC1CCCC(C)C1c1cccc(C(=O)O)n1.O=C(O)C1=CC=CC1.O=C(O)c1cccc(C23CC4CC(CC(C4)C2)C3)n1.O=C(O)c1cccc(C2CCCCC2)n1.O=C(O)c1cccc(CC2CCCCC2)n1.O=C(O)c1cccs1.O=C(O)c1ncc[nH]1. The van der Waals surface area contributed by atoms with E-state index in [1.807, 2.05) is 86.7 Å². The lowest BCUT2D eigenvalue weighted by atomic mass is 9.49. The molecule has 2 atom stereocenters. The van der Waals surface area contributed by atoms with Gasteiger partial charge in [-0.25, -0.2) is 78.0 Å². The number of imidazole rings is 1. The molecule has 27 heteroatoms. The van der Waals surface area contributed by atoms with Gasteiger partial charge in [-0.15, -0.1) is 11.3 Å². The number of carboxylic acid groups (broad SMARTS) is 9. The number of H-pyrrole nitrogens is 1. The number of aliphatic carboxylic acids is 1. The van der Waals surface area contributed by atoms with Gasteiger partial charge in [-0.2, -0.15) is 0 Å². The van der Waals surface area contributed by atoms with Crippen LogP contribution >= 0.6 is 11.3 Å². The van der Waals surface area contributed by atoms with Crippen molar-refractivity contribution in [1.82, 2.24) is 39.9 Å². The molecule has 130 heavy (non-hydrogen) atoms. The van der Waals surface area contributed by atoms with E-state index >= 15 is 0 Å². The predicted octanol–water partition coefficient (Wildman–Crippen LogP) is 22.6. The fourth-order valence-corrected chi connectivity index (χ4v) is 19.3. The van der Waals surface area contributed by atoms with Gasteiger partial charge in [0.25, 0.3) is 0 Å². The molecule has 8 aliphatic rings. The van der Waals surface area contributed by atoms with Crippen molar-refractivity contribution in [3.8, 4) is 11.3 Å². The van der Waals surface area contributed by atoms with E-state index in [0.717, 1.165) is 82.3 Å². The molecule has 4 bridgehead atoms. The number of nitrogens with zero attached hydrogens (tertiary/aromatic N) is 7. The third-order valence-electron chi connectivity index (χ3n) is 24.9. The van der Waals surface area contributed by atoms with E-state index in [2.05, 4.69) is 106 Å². The molecule has 0 radical (unpaired) electrons. The van der Waals surface area contributed by atoms with Gasteiger partial charge in [0, 0.05) is 69.0 Å². The van der Waals surface area contributed by atoms with Crippen LogP contribution in [0.15, 0.2) is 211 Å². The first kappa shape index (κ1) is 101. The lowest BCUT2D eigenvalue weighted by molar-refractivity contribution is -0.132. The standard InChI is InChI=1S/C18H21NO2.C16H19NO2.C15H15NO2.C14H19NO2.C13H17NO2.C12H15NO2.C6H6O2.C5H4O2S.C4H4N2O2/c1-11(2)13-7-5-8-14(12(3)4)17(13)15-9-6-10-16(19-15)18(20)21;18-15(19)13-2-1-3-14(17-13)16-7-10-4-11(8-16)6-12(5-10)9-16;1-15(2,11-7-4-3-5-8-11)13-10-6-9-12(16-13)14(17)18;1-9-5-3-6-10(2)13(9)11-7-4-8-12(15-11)14(16)17;15-13(16)12-8-4-7-11(14-12)9-10-5-2-1-3-6-10;14-12(15)11-8-4-7-10(13-11)9-5-2-1-3-6-9;7-6(8)5-3-1-2-4-5;6-5(7)4-2-1-3-8-4;7-4(8)3-5-1-2-6-3/h5-12H,1-4H3,(H,20,21);1-3,10-12H,4-9H2,(H,18,19);3-10H,1-2H3,(H,17,18);4,7-10,13H,3,5-6H2,1-2H3,(H,16,17);4,7-8,10H,1-3,5-6,9H2,(H,15,16);4,7-9H,1-3,5-6H2,(H,14,15);1-3H,4H2,(H,7,8);1-3H,(H,6,7);1-2H,(H,5,6)(H,7,8). The molecule has 2 aromatic carbocycles. The molecule has 2 unspecified atom stereocenters. The van der Waals surface area contributed by atoms with Crippen LogP contribution in [0.3, 0.4) is 0 Å². The van der Waals surface area contributed by atoms with Crippen LogP contribution < -0.4 is 0 Å². The minimum atomic E-state index is -1.03. The summed E-state index contributed by atoms with van der Waals surface area (Å²) in [5.74, 6) is -2.38. The van der Waals surface area contributed by atoms with Crippen LogP contribution in [0.5, 0.6) is 0 Å². The van der Waals surface area contributed by atoms with Crippen LogP contribution in [-0.4, -0.2) is 140 Å². The number of hydrogen-bond donors (Lipinski definition) is 10. The maximum absolute atomic E-state index is 11.2. The number of aromatic amines is 1. The third kappa shape index (κ3) is 29.5. The van der Waals surface area contributed by atoms with Crippen molar-refractivity contribution in [3.63, 3.8) is 0 Å². The second kappa shape index (κ2) is 48.9. The van der Waals surface area contributed by atoms with E-state index < -0.39 is 53.7 Å². The van der Waals surface area contributed by atoms with Gasteiger partial charge in [0.05, 0.1) is 11.4 Å².